The predicted octanol–water partition coefficient (Wildman–Crippen LogP) is 2.95. The number of thioether (sulfide) groups is 1. The van der Waals surface area contributed by atoms with Crippen LogP contribution in [0.3, 0.4) is 0 Å². The number of hydrogen-bond donors (Lipinski definition) is 1. The zero-order valence-corrected chi connectivity index (χ0v) is 14.8. The SMILES string of the molecule is C=C(CC=C(C)C(=O)O)C(=O)OC.CCCSC=CC(=O)OC. The number of esters is 2. The summed E-state index contributed by atoms with van der Waals surface area (Å²) in [5, 5.41) is 10.2. The van der Waals surface area contributed by atoms with E-state index in [1.807, 2.05) is 0 Å². The fraction of sp³-hybridized carbons (Fsp3) is 0.438. The number of rotatable bonds is 8. The molecule has 7 heteroatoms. The molecule has 0 aliphatic heterocycles. The minimum Gasteiger partial charge on any atom is -0.478 e. The smallest absolute Gasteiger partial charge is 0.333 e. The molecular formula is C16H24O6S. The molecule has 0 saturated carbocycles. The van der Waals surface area contributed by atoms with E-state index in [-0.39, 0.29) is 23.5 Å². The van der Waals surface area contributed by atoms with Crippen LogP contribution in [0.1, 0.15) is 26.7 Å². The minimum absolute atomic E-state index is 0.185. The van der Waals surface area contributed by atoms with Crippen molar-refractivity contribution in [2.45, 2.75) is 26.7 Å². The Labute approximate surface area is 141 Å². The highest BCUT2D eigenvalue weighted by molar-refractivity contribution is 8.02. The Morgan fingerprint density at radius 1 is 1.22 bits per heavy atom. The molecule has 23 heavy (non-hydrogen) atoms. The number of methoxy groups -OCH3 is 2. The van der Waals surface area contributed by atoms with Gasteiger partial charge in [-0.2, -0.15) is 0 Å². The lowest BCUT2D eigenvalue weighted by Gasteiger charge is -1.99. The highest BCUT2D eigenvalue weighted by Gasteiger charge is 2.05. The molecule has 6 nitrogen and oxygen atoms in total. The maximum atomic E-state index is 10.8. The van der Waals surface area contributed by atoms with Crippen LogP contribution in [0.4, 0.5) is 0 Å². The van der Waals surface area contributed by atoms with Crippen molar-refractivity contribution in [3.05, 3.63) is 35.3 Å². The van der Waals surface area contributed by atoms with Gasteiger partial charge in [0.2, 0.25) is 0 Å². The van der Waals surface area contributed by atoms with Crippen LogP contribution >= 0.6 is 11.8 Å². The summed E-state index contributed by atoms with van der Waals surface area (Å²) in [6.07, 6.45) is 4.17. The van der Waals surface area contributed by atoms with Crippen LogP contribution in [0.2, 0.25) is 0 Å². The molecule has 0 atom stereocenters. The third-order valence-corrected chi connectivity index (χ3v) is 3.26. The zero-order valence-electron chi connectivity index (χ0n) is 14.0. The van der Waals surface area contributed by atoms with Crippen molar-refractivity contribution >= 4 is 29.7 Å². The van der Waals surface area contributed by atoms with Crippen LogP contribution in [-0.2, 0) is 23.9 Å². The van der Waals surface area contributed by atoms with E-state index in [4.69, 9.17) is 5.11 Å². The van der Waals surface area contributed by atoms with Gasteiger partial charge >= 0.3 is 17.9 Å². The van der Waals surface area contributed by atoms with E-state index in [1.54, 1.807) is 17.2 Å². The quantitative estimate of drug-likeness (QED) is 0.411. The van der Waals surface area contributed by atoms with Crippen LogP contribution in [0, 0.1) is 0 Å². The maximum absolute atomic E-state index is 10.8. The highest BCUT2D eigenvalue weighted by atomic mass is 32.2. The molecule has 0 spiro atoms. The Balaban J connectivity index is 0. The van der Waals surface area contributed by atoms with Crippen LogP contribution in [0.15, 0.2) is 35.3 Å². The topological polar surface area (TPSA) is 89.9 Å². The number of carboxylic acid groups (broad SMARTS) is 1. The van der Waals surface area contributed by atoms with Crippen molar-refractivity contribution in [1.29, 1.82) is 0 Å². The minimum atomic E-state index is -1.00. The van der Waals surface area contributed by atoms with Crippen molar-refractivity contribution in [2.75, 3.05) is 20.0 Å². The number of aliphatic carboxylic acids is 1. The van der Waals surface area contributed by atoms with E-state index in [0.717, 1.165) is 12.2 Å². The molecule has 0 aliphatic carbocycles. The monoisotopic (exact) mass is 344 g/mol. The van der Waals surface area contributed by atoms with E-state index >= 15 is 0 Å². The lowest BCUT2D eigenvalue weighted by atomic mass is 10.1. The van der Waals surface area contributed by atoms with Gasteiger partial charge < -0.3 is 14.6 Å². The van der Waals surface area contributed by atoms with Gasteiger partial charge in [0.25, 0.3) is 0 Å². The Kier molecular flexibility index (Phi) is 15.1. The molecule has 0 heterocycles. The van der Waals surface area contributed by atoms with E-state index in [2.05, 4.69) is 23.0 Å². The molecule has 0 radical (unpaired) electrons. The first-order chi connectivity index (χ1) is 10.8. The zero-order chi connectivity index (χ0) is 18.3. The maximum Gasteiger partial charge on any atom is 0.333 e. The molecule has 0 unspecified atom stereocenters. The largest absolute Gasteiger partial charge is 0.478 e. The van der Waals surface area contributed by atoms with Crippen LogP contribution in [0.5, 0.6) is 0 Å². The number of ether oxygens (including phenoxy) is 2. The molecule has 0 aromatic carbocycles. The van der Waals surface area contributed by atoms with Gasteiger partial charge in [-0.05, 0) is 30.9 Å². The molecule has 0 fully saturated rings. The molecule has 0 amide bonds. The third-order valence-electron chi connectivity index (χ3n) is 2.29. The number of carbonyl (C=O) groups is 3. The first-order valence-electron chi connectivity index (χ1n) is 6.82. The second-order valence-corrected chi connectivity index (χ2v) is 5.20. The Morgan fingerprint density at radius 3 is 2.26 bits per heavy atom. The number of allylic oxidation sites excluding steroid dienone is 1. The van der Waals surface area contributed by atoms with Gasteiger partial charge in [-0.15, -0.1) is 11.8 Å². The molecule has 0 saturated heterocycles. The van der Waals surface area contributed by atoms with Gasteiger partial charge in [0, 0.05) is 17.2 Å². The van der Waals surface area contributed by atoms with E-state index in [9.17, 15) is 14.4 Å². The summed E-state index contributed by atoms with van der Waals surface area (Å²) >= 11 is 1.62. The molecular weight excluding hydrogens is 320 g/mol. The summed E-state index contributed by atoms with van der Waals surface area (Å²) in [5.41, 5.74) is 0.424. The molecule has 0 rings (SSSR count). The van der Waals surface area contributed by atoms with Crippen LogP contribution in [0.25, 0.3) is 0 Å². The van der Waals surface area contributed by atoms with E-state index < -0.39 is 11.9 Å². The Hall–Kier alpha value is -2.02. The van der Waals surface area contributed by atoms with Crippen LogP contribution < -0.4 is 0 Å². The third kappa shape index (κ3) is 14.7. The van der Waals surface area contributed by atoms with Crippen molar-refractivity contribution in [2.24, 2.45) is 0 Å². The van der Waals surface area contributed by atoms with Crippen molar-refractivity contribution in [3.8, 4) is 0 Å². The van der Waals surface area contributed by atoms with Gasteiger partial charge in [-0.25, -0.2) is 14.4 Å². The summed E-state index contributed by atoms with van der Waals surface area (Å²) < 4.78 is 8.78. The van der Waals surface area contributed by atoms with Gasteiger partial charge in [0.1, 0.15) is 0 Å². The number of carboxylic acids is 1. The molecule has 1 N–H and O–H groups in total. The number of carbonyl (C=O) groups excluding carboxylic acids is 2. The van der Waals surface area contributed by atoms with Gasteiger partial charge in [-0.3, -0.25) is 0 Å². The summed E-state index contributed by atoms with van der Waals surface area (Å²) in [7, 11) is 2.62. The first-order valence-corrected chi connectivity index (χ1v) is 7.87. The predicted molar refractivity (Wildman–Crippen MR) is 91.1 cm³/mol. The van der Waals surface area contributed by atoms with Crippen molar-refractivity contribution in [3.63, 3.8) is 0 Å². The summed E-state index contributed by atoms with van der Waals surface area (Å²) in [6.45, 7) is 6.99. The molecule has 0 aliphatic rings. The fourth-order valence-corrected chi connectivity index (χ4v) is 1.53. The average Bonchev–Trinajstić information content (AvgIpc) is 2.55. The van der Waals surface area contributed by atoms with Gasteiger partial charge in [-0.1, -0.05) is 19.6 Å². The highest BCUT2D eigenvalue weighted by Crippen LogP contribution is 2.05. The Bertz CT molecular complexity index is 465. The van der Waals surface area contributed by atoms with Crippen molar-refractivity contribution < 1.29 is 29.0 Å². The summed E-state index contributed by atoms with van der Waals surface area (Å²) in [6, 6.07) is 0. The molecule has 0 aromatic heterocycles. The molecule has 0 aromatic rings. The second kappa shape index (κ2) is 14.9. The normalized spacial score (nSPS) is 10.5. The van der Waals surface area contributed by atoms with E-state index in [1.165, 1.54) is 33.3 Å². The standard InChI is InChI=1S/C9H12O4.C7H12O2S/c1-6(8(10)11)4-5-7(2)9(12)13-3;1-3-5-10-6-4-7(8)9-2/h4H,2,5H2,1,3H3,(H,10,11);4,6H,3,5H2,1-2H3. The van der Waals surface area contributed by atoms with Crippen molar-refractivity contribution in [1.82, 2.24) is 0 Å². The fourth-order valence-electron chi connectivity index (χ4n) is 0.949. The van der Waals surface area contributed by atoms with E-state index in [0.29, 0.717) is 0 Å². The average molecular weight is 344 g/mol. The Morgan fingerprint density at radius 2 is 1.83 bits per heavy atom. The van der Waals surface area contributed by atoms with Crippen LogP contribution in [-0.4, -0.2) is 43.0 Å². The number of hydrogen-bond acceptors (Lipinski definition) is 6. The lowest BCUT2D eigenvalue weighted by molar-refractivity contribution is -0.136. The van der Waals surface area contributed by atoms with Gasteiger partial charge in [0.15, 0.2) is 0 Å². The van der Waals surface area contributed by atoms with Gasteiger partial charge in [0.05, 0.1) is 14.2 Å². The first kappa shape index (κ1) is 23.2. The summed E-state index contributed by atoms with van der Waals surface area (Å²) in [4.78, 5) is 31.6. The second-order valence-electron chi connectivity index (χ2n) is 4.19. The molecule has 130 valence electrons. The summed E-state index contributed by atoms with van der Waals surface area (Å²) in [5.74, 6) is -0.760. The lowest BCUT2D eigenvalue weighted by Crippen LogP contribution is -2.03. The molecule has 0 bridgehead atoms.